The molecule has 0 radical (unpaired) electrons. The van der Waals surface area contributed by atoms with E-state index in [2.05, 4.69) is 5.32 Å². The molecule has 0 aromatic heterocycles. The van der Waals surface area contributed by atoms with E-state index in [0.717, 1.165) is 16.9 Å². The van der Waals surface area contributed by atoms with Crippen LogP contribution in [0.25, 0.3) is 0 Å². The maximum atomic E-state index is 12.0. The van der Waals surface area contributed by atoms with Crippen molar-refractivity contribution < 1.29 is 9.53 Å². The second-order valence-electron chi connectivity index (χ2n) is 6.30. The third-order valence-corrected chi connectivity index (χ3v) is 3.04. The van der Waals surface area contributed by atoms with E-state index in [9.17, 15) is 4.79 Å². The lowest BCUT2D eigenvalue weighted by Crippen LogP contribution is -2.24. The van der Waals surface area contributed by atoms with Crippen LogP contribution in [0.3, 0.4) is 0 Å². The molecule has 3 nitrogen and oxygen atoms in total. The van der Waals surface area contributed by atoms with Crippen molar-refractivity contribution in [3.63, 3.8) is 0 Å². The summed E-state index contributed by atoms with van der Waals surface area (Å²) in [6.45, 7) is 6.60. The highest BCUT2D eigenvalue weighted by Gasteiger charge is 2.11. The van der Waals surface area contributed by atoms with Gasteiger partial charge in [-0.1, -0.05) is 42.5 Å². The Morgan fingerprint density at radius 1 is 0.955 bits per heavy atom. The molecule has 0 saturated carbocycles. The Morgan fingerprint density at radius 3 is 2.18 bits per heavy atom. The molecule has 0 heterocycles. The van der Waals surface area contributed by atoms with E-state index in [0.29, 0.717) is 13.0 Å². The summed E-state index contributed by atoms with van der Waals surface area (Å²) in [7, 11) is 0. The number of amides is 1. The van der Waals surface area contributed by atoms with Gasteiger partial charge in [-0.25, -0.2) is 0 Å². The zero-order valence-corrected chi connectivity index (χ0v) is 13.4. The van der Waals surface area contributed by atoms with Crippen LogP contribution in [0.15, 0.2) is 54.6 Å². The Balaban J connectivity index is 1.84. The van der Waals surface area contributed by atoms with E-state index in [1.807, 2.05) is 75.4 Å². The molecule has 2 aromatic rings. The normalized spacial score (nSPS) is 11.0. The van der Waals surface area contributed by atoms with Crippen LogP contribution in [0.2, 0.25) is 0 Å². The molecule has 0 aliphatic rings. The topological polar surface area (TPSA) is 38.3 Å². The van der Waals surface area contributed by atoms with Crippen molar-refractivity contribution in [2.45, 2.75) is 39.3 Å². The van der Waals surface area contributed by atoms with Crippen molar-refractivity contribution in [2.24, 2.45) is 0 Å². The first-order valence-corrected chi connectivity index (χ1v) is 7.51. The standard InChI is InChI=1S/C19H23NO2/c1-19(2,3)22-17-11-9-15(10-12-17)13-18(21)20-14-16-7-5-4-6-8-16/h4-12H,13-14H2,1-3H3,(H,20,21). The zero-order valence-electron chi connectivity index (χ0n) is 13.4. The Hall–Kier alpha value is -2.29. The van der Waals surface area contributed by atoms with Gasteiger partial charge in [0, 0.05) is 6.54 Å². The molecule has 0 bridgehead atoms. The fourth-order valence-electron chi connectivity index (χ4n) is 2.07. The van der Waals surface area contributed by atoms with Crippen LogP contribution in [-0.2, 0) is 17.8 Å². The van der Waals surface area contributed by atoms with Crippen LogP contribution >= 0.6 is 0 Å². The minimum absolute atomic E-state index is 0.0216. The Morgan fingerprint density at radius 2 is 1.59 bits per heavy atom. The van der Waals surface area contributed by atoms with E-state index >= 15 is 0 Å². The first-order valence-electron chi connectivity index (χ1n) is 7.51. The van der Waals surface area contributed by atoms with Crippen molar-refractivity contribution in [1.82, 2.24) is 5.32 Å². The van der Waals surface area contributed by atoms with E-state index < -0.39 is 0 Å². The van der Waals surface area contributed by atoms with Gasteiger partial charge in [0.2, 0.25) is 5.91 Å². The third kappa shape index (κ3) is 5.60. The van der Waals surface area contributed by atoms with Crippen molar-refractivity contribution in [1.29, 1.82) is 0 Å². The number of ether oxygens (including phenoxy) is 1. The number of carbonyl (C=O) groups is 1. The summed E-state index contributed by atoms with van der Waals surface area (Å²) in [6.07, 6.45) is 0.378. The van der Waals surface area contributed by atoms with Gasteiger partial charge in [0.1, 0.15) is 11.4 Å². The van der Waals surface area contributed by atoms with Gasteiger partial charge in [0.05, 0.1) is 6.42 Å². The third-order valence-electron chi connectivity index (χ3n) is 3.04. The van der Waals surface area contributed by atoms with Crippen LogP contribution in [0.5, 0.6) is 5.75 Å². The first kappa shape index (κ1) is 16.1. The SMILES string of the molecule is CC(C)(C)Oc1ccc(CC(=O)NCc2ccccc2)cc1. The van der Waals surface area contributed by atoms with Crippen LogP contribution in [0.1, 0.15) is 31.9 Å². The largest absolute Gasteiger partial charge is 0.488 e. The summed E-state index contributed by atoms with van der Waals surface area (Å²) in [4.78, 5) is 12.0. The van der Waals surface area contributed by atoms with Gasteiger partial charge in [-0.15, -0.1) is 0 Å². The lowest BCUT2D eigenvalue weighted by molar-refractivity contribution is -0.120. The zero-order chi connectivity index (χ0) is 16.0. The maximum absolute atomic E-state index is 12.0. The van der Waals surface area contributed by atoms with Gasteiger partial charge in [0.15, 0.2) is 0 Å². The highest BCUT2D eigenvalue weighted by atomic mass is 16.5. The molecule has 0 unspecified atom stereocenters. The number of hydrogen-bond acceptors (Lipinski definition) is 2. The summed E-state index contributed by atoms with van der Waals surface area (Å²) >= 11 is 0. The van der Waals surface area contributed by atoms with Crippen molar-refractivity contribution >= 4 is 5.91 Å². The fourth-order valence-corrected chi connectivity index (χ4v) is 2.07. The molecule has 0 spiro atoms. The van der Waals surface area contributed by atoms with Gasteiger partial charge < -0.3 is 10.1 Å². The molecule has 0 saturated heterocycles. The summed E-state index contributed by atoms with van der Waals surface area (Å²) in [5.74, 6) is 0.842. The van der Waals surface area contributed by atoms with E-state index in [-0.39, 0.29) is 11.5 Å². The Bertz CT molecular complexity index is 598. The van der Waals surface area contributed by atoms with Crippen molar-refractivity contribution in [3.8, 4) is 5.75 Å². The molecule has 2 rings (SSSR count). The van der Waals surface area contributed by atoms with Gasteiger partial charge >= 0.3 is 0 Å². The maximum Gasteiger partial charge on any atom is 0.224 e. The summed E-state index contributed by atoms with van der Waals surface area (Å²) < 4.78 is 5.77. The smallest absolute Gasteiger partial charge is 0.224 e. The van der Waals surface area contributed by atoms with Crippen LogP contribution < -0.4 is 10.1 Å². The first-order chi connectivity index (χ1) is 10.4. The highest BCUT2D eigenvalue weighted by Crippen LogP contribution is 2.18. The van der Waals surface area contributed by atoms with Gasteiger partial charge in [-0.2, -0.15) is 0 Å². The predicted octanol–water partition coefficient (Wildman–Crippen LogP) is 3.72. The minimum atomic E-state index is -0.214. The Kier molecular flexibility index (Phi) is 5.21. The second-order valence-corrected chi connectivity index (χ2v) is 6.30. The van der Waals surface area contributed by atoms with E-state index in [4.69, 9.17) is 4.74 Å². The molecule has 116 valence electrons. The predicted molar refractivity (Wildman–Crippen MR) is 88.8 cm³/mol. The lowest BCUT2D eigenvalue weighted by atomic mass is 10.1. The second kappa shape index (κ2) is 7.12. The molecule has 1 amide bonds. The van der Waals surface area contributed by atoms with Gasteiger partial charge in [-0.3, -0.25) is 4.79 Å². The Labute approximate surface area is 132 Å². The molecule has 0 aliphatic heterocycles. The van der Waals surface area contributed by atoms with Gasteiger partial charge in [-0.05, 0) is 44.0 Å². The average Bonchev–Trinajstić information content (AvgIpc) is 2.47. The quantitative estimate of drug-likeness (QED) is 0.913. The van der Waals surface area contributed by atoms with Crippen molar-refractivity contribution in [2.75, 3.05) is 0 Å². The molecule has 1 N–H and O–H groups in total. The molecule has 0 atom stereocenters. The van der Waals surface area contributed by atoms with Crippen LogP contribution in [-0.4, -0.2) is 11.5 Å². The number of nitrogens with one attached hydrogen (secondary N) is 1. The number of carbonyl (C=O) groups excluding carboxylic acids is 1. The van der Waals surface area contributed by atoms with E-state index in [1.165, 1.54) is 0 Å². The highest BCUT2D eigenvalue weighted by molar-refractivity contribution is 5.78. The molecule has 22 heavy (non-hydrogen) atoms. The molecular weight excluding hydrogens is 274 g/mol. The number of benzene rings is 2. The number of hydrogen-bond donors (Lipinski definition) is 1. The fraction of sp³-hybridized carbons (Fsp3) is 0.316. The van der Waals surface area contributed by atoms with Crippen LogP contribution in [0.4, 0.5) is 0 Å². The minimum Gasteiger partial charge on any atom is -0.488 e. The molecular formula is C19H23NO2. The monoisotopic (exact) mass is 297 g/mol. The lowest BCUT2D eigenvalue weighted by Gasteiger charge is -2.21. The molecule has 0 aliphatic carbocycles. The van der Waals surface area contributed by atoms with Gasteiger partial charge in [0.25, 0.3) is 0 Å². The molecule has 0 fully saturated rings. The molecule has 3 heteroatoms. The number of rotatable bonds is 5. The van der Waals surface area contributed by atoms with Crippen molar-refractivity contribution in [3.05, 3.63) is 65.7 Å². The average molecular weight is 297 g/mol. The van der Waals surface area contributed by atoms with Crippen LogP contribution in [0, 0.1) is 0 Å². The summed E-state index contributed by atoms with van der Waals surface area (Å²) in [6, 6.07) is 17.6. The summed E-state index contributed by atoms with van der Waals surface area (Å²) in [5.41, 5.74) is 1.87. The van der Waals surface area contributed by atoms with E-state index in [1.54, 1.807) is 0 Å². The molecule has 2 aromatic carbocycles. The summed E-state index contributed by atoms with van der Waals surface area (Å²) in [5, 5.41) is 2.93.